The minimum absolute atomic E-state index is 0.0845. The van der Waals surface area contributed by atoms with Crippen LogP contribution in [-0.4, -0.2) is 28.5 Å². The summed E-state index contributed by atoms with van der Waals surface area (Å²) in [5.41, 5.74) is -1.28. The fraction of sp³-hybridized carbons (Fsp3) is 0.706. The molecule has 3 nitrogen and oxygen atoms in total. The maximum Gasteiger partial charge on any atom is 0.141 e. The molecule has 2 unspecified atom stereocenters. The summed E-state index contributed by atoms with van der Waals surface area (Å²) < 4.78 is 5.84. The molecule has 21 heavy (non-hydrogen) atoms. The van der Waals surface area contributed by atoms with Crippen molar-refractivity contribution in [3.05, 3.63) is 24.5 Å². The number of carbonyl (C=O) groups excluding carboxylic acids is 1. The van der Waals surface area contributed by atoms with Gasteiger partial charge in [-0.1, -0.05) is 18.7 Å². The summed E-state index contributed by atoms with van der Waals surface area (Å²) in [6.45, 7) is 5.92. The van der Waals surface area contributed by atoms with Crippen molar-refractivity contribution >= 4 is 17.4 Å². The molecular weight excluding hydrogens is 288 g/mol. The predicted octanol–water partition coefficient (Wildman–Crippen LogP) is 3.21. The van der Waals surface area contributed by atoms with Crippen molar-refractivity contribution in [2.45, 2.75) is 50.7 Å². The number of rotatable bonds is 4. The van der Waals surface area contributed by atoms with Crippen LogP contribution in [0.3, 0.4) is 0 Å². The number of alkyl halides is 1. The van der Waals surface area contributed by atoms with Gasteiger partial charge in [0.1, 0.15) is 22.6 Å². The monoisotopic (exact) mass is 310 g/mol. The van der Waals surface area contributed by atoms with E-state index in [4.69, 9.17) is 16.3 Å². The lowest BCUT2D eigenvalue weighted by atomic mass is 9.59. The third-order valence-corrected chi connectivity index (χ3v) is 6.04. The predicted molar refractivity (Wildman–Crippen MR) is 82.0 cm³/mol. The van der Waals surface area contributed by atoms with E-state index in [1.54, 1.807) is 0 Å². The van der Waals surface area contributed by atoms with E-state index in [1.165, 1.54) is 0 Å². The van der Waals surface area contributed by atoms with Crippen molar-refractivity contribution in [1.29, 1.82) is 0 Å². The molecule has 0 amide bonds. The zero-order chi connectivity index (χ0) is 15.3. The molecule has 0 radical (unpaired) electrons. The minimum atomic E-state index is -0.652. The molecule has 5 atom stereocenters. The van der Waals surface area contributed by atoms with E-state index >= 15 is 0 Å². The fourth-order valence-electron chi connectivity index (χ4n) is 4.61. The maximum atomic E-state index is 12.5. The number of fused-ring (bicyclic) bond motifs is 1. The Balaban J connectivity index is 1.94. The Labute approximate surface area is 131 Å². The summed E-state index contributed by atoms with van der Waals surface area (Å²) in [7, 11) is 0. The number of Topliss-reactive ketones (excluding diaryl/α,β-unsaturated/α-hetero) is 1. The van der Waals surface area contributed by atoms with Crippen molar-refractivity contribution in [3.63, 3.8) is 0 Å². The normalized spacial score (nSPS) is 43.2. The molecule has 0 aromatic heterocycles. The third-order valence-electron chi connectivity index (χ3n) is 5.83. The van der Waals surface area contributed by atoms with Crippen LogP contribution in [0.15, 0.2) is 24.5 Å². The number of hydrogen-bond donors (Lipinski definition) is 1. The zero-order valence-electron chi connectivity index (χ0n) is 12.5. The van der Waals surface area contributed by atoms with Gasteiger partial charge in [0.25, 0.3) is 0 Å². The fourth-order valence-corrected chi connectivity index (χ4v) is 4.82. The van der Waals surface area contributed by atoms with Gasteiger partial charge in [-0.2, -0.15) is 0 Å². The standard InChI is InChI=1S/C17H23ClO3/c1-11-17(15(20)12-6-4-3-5-7-12)10-14(19)13(8-9-18)16(17,2)21-11/h4,6,12-13,15,20H,1,3,5,7-10H2,2H3/t12-,13+,15?,16+,17?/m1/s1. The van der Waals surface area contributed by atoms with E-state index in [2.05, 4.69) is 18.7 Å². The molecule has 2 fully saturated rings. The van der Waals surface area contributed by atoms with Crippen LogP contribution in [0.25, 0.3) is 0 Å². The highest BCUT2D eigenvalue weighted by molar-refractivity contribution is 6.18. The van der Waals surface area contributed by atoms with Gasteiger partial charge in [0.2, 0.25) is 0 Å². The summed E-state index contributed by atoms with van der Waals surface area (Å²) in [5.74, 6) is 0.999. The minimum Gasteiger partial charge on any atom is -0.490 e. The van der Waals surface area contributed by atoms with Gasteiger partial charge in [0, 0.05) is 18.2 Å². The van der Waals surface area contributed by atoms with Crippen LogP contribution in [0.2, 0.25) is 0 Å². The number of aliphatic hydroxyl groups excluding tert-OH is 1. The first-order chi connectivity index (χ1) is 9.97. The van der Waals surface area contributed by atoms with Gasteiger partial charge in [0.05, 0.1) is 12.0 Å². The topological polar surface area (TPSA) is 46.5 Å². The van der Waals surface area contributed by atoms with E-state index in [1.807, 2.05) is 6.92 Å². The number of ketones is 1. The number of aliphatic hydroxyl groups is 1. The lowest BCUT2D eigenvalue weighted by Crippen LogP contribution is -2.65. The lowest BCUT2D eigenvalue weighted by Gasteiger charge is -2.59. The first-order valence-corrected chi connectivity index (χ1v) is 8.32. The first kappa shape index (κ1) is 15.1. The largest absolute Gasteiger partial charge is 0.490 e. The second-order valence-corrected chi connectivity index (χ2v) is 7.12. The maximum absolute atomic E-state index is 12.5. The summed E-state index contributed by atoms with van der Waals surface area (Å²) in [5, 5.41) is 11.0. The SMILES string of the molecule is C=C1O[C@@]2(C)[C@@H](CCCl)C(=O)CC12C(O)[C@@H]1C=CCCC1. The van der Waals surface area contributed by atoms with Crippen LogP contribution in [0.1, 0.15) is 39.0 Å². The zero-order valence-corrected chi connectivity index (χ0v) is 13.2. The average molecular weight is 311 g/mol. The molecule has 3 aliphatic rings. The van der Waals surface area contributed by atoms with E-state index in [0.717, 1.165) is 19.3 Å². The molecule has 0 spiro atoms. The summed E-state index contributed by atoms with van der Waals surface area (Å²) in [6.07, 6.45) is 7.64. The van der Waals surface area contributed by atoms with E-state index in [-0.39, 0.29) is 17.6 Å². The number of allylic oxidation sites excluding steroid dienone is 1. The Bertz CT molecular complexity index is 500. The van der Waals surface area contributed by atoms with Crippen LogP contribution in [0.5, 0.6) is 0 Å². The molecule has 1 heterocycles. The van der Waals surface area contributed by atoms with Crippen LogP contribution in [0.4, 0.5) is 0 Å². The Morgan fingerprint density at radius 2 is 2.38 bits per heavy atom. The molecule has 1 aliphatic heterocycles. The molecule has 1 N–H and O–H groups in total. The average Bonchev–Trinajstić information content (AvgIpc) is 2.65. The van der Waals surface area contributed by atoms with Crippen LogP contribution >= 0.6 is 11.6 Å². The van der Waals surface area contributed by atoms with Crippen molar-refractivity contribution in [1.82, 2.24) is 0 Å². The second kappa shape index (κ2) is 5.13. The number of hydrogen-bond acceptors (Lipinski definition) is 3. The summed E-state index contributed by atoms with van der Waals surface area (Å²) in [4.78, 5) is 12.5. The van der Waals surface area contributed by atoms with Crippen LogP contribution < -0.4 is 0 Å². The van der Waals surface area contributed by atoms with Gasteiger partial charge in [-0.3, -0.25) is 4.79 Å². The van der Waals surface area contributed by atoms with Crippen molar-refractivity contribution in [2.24, 2.45) is 17.3 Å². The van der Waals surface area contributed by atoms with Gasteiger partial charge >= 0.3 is 0 Å². The Morgan fingerprint density at radius 3 is 2.95 bits per heavy atom. The molecule has 0 aromatic carbocycles. The van der Waals surface area contributed by atoms with Gasteiger partial charge in [-0.05, 0) is 32.6 Å². The van der Waals surface area contributed by atoms with Gasteiger partial charge < -0.3 is 9.84 Å². The summed E-state index contributed by atoms with van der Waals surface area (Å²) in [6, 6.07) is 0. The smallest absolute Gasteiger partial charge is 0.141 e. The molecule has 1 saturated carbocycles. The molecule has 116 valence electrons. The molecule has 4 heteroatoms. The molecule has 0 aromatic rings. The number of ether oxygens (including phenoxy) is 1. The van der Waals surface area contributed by atoms with Crippen molar-refractivity contribution in [2.75, 3.05) is 5.88 Å². The Morgan fingerprint density at radius 1 is 1.62 bits per heavy atom. The first-order valence-electron chi connectivity index (χ1n) is 7.79. The third kappa shape index (κ3) is 1.86. The van der Waals surface area contributed by atoms with Crippen molar-refractivity contribution in [3.8, 4) is 0 Å². The highest BCUT2D eigenvalue weighted by Crippen LogP contribution is 2.66. The highest BCUT2D eigenvalue weighted by atomic mass is 35.5. The number of halogens is 1. The lowest BCUT2D eigenvalue weighted by molar-refractivity contribution is -0.242. The second-order valence-electron chi connectivity index (χ2n) is 6.74. The van der Waals surface area contributed by atoms with Crippen molar-refractivity contribution < 1.29 is 14.6 Å². The van der Waals surface area contributed by atoms with Crippen LogP contribution in [0, 0.1) is 17.3 Å². The molecule has 2 aliphatic carbocycles. The molecule has 1 saturated heterocycles. The highest BCUT2D eigenvalue weighted by Gasteiger charge is 2.75. The molecule has 0 bridgehead atoms. The molecule has 3 rings (SSSR count). The quantitative estimate of drug-likeness (QED) is 0.640. The number of carbonyl (C=O) groups is 1. The van der Waals surface area contributed by atoms with E-state index < -0.39 is 17.1 Å². The Kier molecular flexibility index (Phi) is 3.69. The van der Waals surface area contributed by atoms with Gasteiger partial charge in [-0.15, -0.1) is 11.6 Å². The summed E-state index contributed by atoms with van der Waals surface area (Å²) >= 11 is 5.85. The van der Waals surface area contributed by atoms with E-state index in [9.17, 15) is 9.90 Å². The molecular formula is C17H23ClO3. The van der Waals surface area contributed by atoms with Crippen LogP contribution in [-0.2, 0) is 9.53 Å². The van der Waals surface area contributed by atoms with E-state index in [0.29, 0.717) is 24.5 Å². The Hall–Kier alpha value is -0.800. The van der Waals surface area contributed by atoms with Gasteiger partial charge in [-0.25, -0.2) is 0 Å². The van der Waals surface area contributed by atoms with Gasteiger partial charge in [0.15, 0.2) is 0 Å².